The van der Waals surface area contributed by atoms with Crippen molar-refractivity contribution in [2.45, 2.75) is 122 Å². The summed E-state index contributed by atoms with van der Waals surface area (Å²) in [5, 5.41) is 3.58. The van der Waals surface area contributed by atoms with Crippen molar-refractivity contribution in [2.75, 3.05) is 59.1 Å². The molecule has 4 aliphatic carbocycles. The van der Waals surface area contributed by atoms with E-state index in [-0.39, 0.29) is 5.41 Å². The van der Waals surface area contributed by atoms with Gasteiger partial charge in [0.1, 0.15) is 0 Å². The minimum Gasteiger partial charge on any atom is -0.378 e. The molecular formula is C35H69N5O3. The quantitative estimate of drug-likeness (QED) is 0.130. The van der Waals surface area contributed by atoms with Crippen molar-refractivity contribution in [1.29, 1.82) is 0 Å². The van der Waals surface area contributed by atoms with Crippen molar-refractivity contribution in [3.63, 3.8) is 0 Å². The molecule has 9 N–H and O–H groups in total. The largest absolute Gasteiger partial charge is 0.378 e. The second-order valence-electron chi connectivity index (χ2n) is 15.0. The van der Waals surface area contributed by atoms with Crippen LogP contribution in [0.2, 0.25) is 0 Å². The van der Waals surface area contributed by atoms with Gasteiger partial charge in [0.2, 0.25) is 0 Å². The zero-order valence-corrected chi connectivity index (χ0v) is 27.9. The number of nitrogens with one attached hydrogen (secondary N) is 1. The monoisotopic (exact) mass is 608 g/mol. The van der Waals surface area contributed by atoms with Gasteiger partial charge in [-0.25, -0.2) is 0 Å². The fourth-order valence-electron chi connectivity index (χ4n) is 10.2. The van der Waals surface area contributed by atoms with Crippen molar-refractivity contribution < 1.29 is 14.2 Å². The van der Waals surface area contributed by atoms with Crippen molar-refractivity contribution in [3.8, 4) is 0 Å². The van der Waals surface area contributed by atoms with E-state index in [4.69, 9.17) is 37.1 Å². The van der Waals surface area contributed by atoms with E-state index in [1.54, 1.807) is 0 Å². The molecule has 43 heavy (non-hydrogen) atoms. The molecule has 4 fully saturated rings. The highest BCUT2D eigenvalue weighted by molar-refractivity contribution is 5.14. The minimum atomic E-state index is 0.198. The number of hydrogen-bond donors (Lipinski definition) is 5. The molecule has 0 amide bonds. The maximum Gasteiger partial charge on any atom is 0.0637 e. The Morgan fingerprint density at radius 3 is 2.07 bits per heavy atom. The standard InChI is InChI=1S/C35H69N5O3/c1-34-13-12-28(41-20-6-15-37)23-27(34)24-31(42-21-7-16-38)33-29-11-10-26(9-3-4-18-40-19-5-14-36)35(29,2)32(25-30(33)34)43-22-8-17-39/h26-33,40H,3-25,36-39H2,1-2H3/t26-,27?,28+,29-,30-,31+,32-,33?,34-,35?/m0/s1. The topological polar surface area (TPSA) is 144 Å². The molecule has 3 unspecified atom stereocenters. The highest BCUT2D eigenvalue weighted by atomic mass is 16.5. The van der Waals surface area contributed by atoms with Crippen LogP contribution in [-0.2, 0) is 14.2 Å². The lowest BCUT2D eigenvalue weighted by Crippen LogP contribution is -2.63. The molecule has 0 radical (unpaired) electrons. The van der Waals surface area contributed by atoms with Gasteiger partial charge >= 0.3 is 0 Å². The second kappa shape index (κ2) is 17.6. The molecular weight excluding hydrogens is 538 g/mol. The summed E-state index contributed by atoms with van der Waals surface area (Å²) in [4.78, 5) is 0. The maximum absolute atomic E-state index is 6.94. The Morgan fingerprint density at radius 2 is 1.35 bits per heavy atom. The smallest absolute Gasteiger partial charge is 0.0637 e. The van der Waals surface area contributed by atoms with Crippen LogP contribution in [0.1, 0.15) is 104 Å². The molecule has 252 valence electrons. The molecule has 0 aromatic heterocycles. The zero-order valence-electron chi connectivity index (χ0n) is 27.9. The fourth-order valence-corrected chi connectivity index (χ4v) is 10.2. The van der Waals surface area contributed by atoms with Gasteiger partial charge in [-0.3, -0.25) is 0 Å². The average Bonchev–Trinajstić information content (AvgIpc) is 3.34. The van der Waals surface area contributed by atoms with E-state index in [2.05, 4.69) is 19.2 Å². The lowest BCUT2D eigenvalue weighted by atomic mass is 9.43. The summed E-state index contributed by atoms with van der Waals surface area (Å²) in [6.07, 6.45) is 17.3. The highest BCUT2D eigenvalue weighted by Gasteiger charge is 2.66. The summed E-state index contributed by atoms with van der Waals surface area (Å²) >= 11 is 0. The minimum absolute atomic E-state index is 0.198. The molecule has 0 spiro atoms. The Kier molecular flexibility index (Phi) is 14.5. The van der Waals surface area contributed by atoms with Crippen LogP contribution in [0, 0.1) is 40.4 Å². The molecule has 4 aliphatic rings. The number of rotatable bonds is 20. The highest BCUT2D eigenvalue weighted by Crippen LogP contribution is 2.69. The molecule has 0 aliphatic heterocycles. The Morgan fingerprint density at radius 1 is 0.674 bits per heavy atom. The summed E-state index contributed by atoms with van der Waals surface area (Å²) in [5.41, 5.74) is 23.8. The van der Waals surface area contributed by atoms with E-state index in [9.17, 15) is 0 Å². The normalized spacial score (nSPS) is 38.9. The number of fused-ring (bicyclic) bond motifs is 5. The van der Waals surface area contributed by atoms with Crippen molar-refractivity contribution in [2.24, 2.45) is 63.4 Å². The number of nitrogens with two attached hydrogens (primary N) is 4. The molecule has 0 heterocycles. The van der Waals surface area contributed by atoms with E-state index in [1.807, 2.05) is 0 Å². The third kappa shape index (κ3) is 8.34. The Balaban J connectivity index is 1.54. The molecule has 0 bridgehead atoms. The third-order valence-corrected chi connectivity index (χ3v) is 12.6. The number of hydrogen-bond acceptors (Lipinski definition) is 8. The fraction of sp³-hybridized carbons (Fsp3) is 1.00. The summed E-state index contributed by atoms with van der Waals surface area (Å²) in [7, 11) is 0. The first kappa shape index (κ1) is 35.5. The molecule has 4 rings (SSSR count). The summed E-state index contributed by atoms with van der Waals surface area (Å²) in [6.45, 7) is 12.6. The second-order valence-corrected chi connectivity index (χ2v) is 15.0. The summed E-state index contributed by atoms with van der Waals surface area (Å²) in [5.74, 6) is 3.24. The van der Waals surface area contributed by atoms with Crippen LogP contribution in [0.5, 0.6) is 0 Å². The third-order valence-electron chi connectivity index (χ3n) is 12.6. The molecule has 4 saturated carbocycles. The molecule has 8 heteroatoms. The first-order valence-corrected chi connectivity index (χ1v) is 18.3. The van der Waals surface area contributed by atoms with Gasteiger partial charge in [-0.2, -0.15) is 0 Å². The van der Waals surface area contributed by atoms with Crippen LogP contribution in [0.15, 0.2) is 0 Å². The van der Waals surface area contributed by atoms with Crippen LogP contribution < -0.4 is 28.3 Å². The van der Waals surface area contributed by atoms with Gasteiger partial charge in [-0.1, -0.05) is 20.3 Å². The predicted octanol–water partition coefficient (Wildman–Crippen LogP) is 4.18. The van der Waals surface area contributed by atoms with Gasteiger partial charge in [-0.05, 0) is 163 Å². The van der Waals surface area contributed by atoms with Crippen molar-refractivity contribution in [1.82, 2.24) is 5.32 Å². The van der Waals surface area contributed by atoms with Crippen LogP contribution >= 0.6 is 0 Å². The van der Waals surface area contributed by atoms with Crippen LogP contribution in [0.3, 0.4) is 0 Å². The SMILES string of the molecule is CC12[C@@H](CCCCNCCCN)CC[C@H]1C1[C@H](OCCCN)CC3C[C@H](OCCCN)CC[C@]3(C)[C@H]1C[C@@H]2OCCCN. The van der Waals surface area contributed by atoms with Gasteiger partial charge in [0.15, 0.2) is 0 Å². The van der Waals surface area contributed by atoms with Crippen LogP contribution in [0.25, 0.3) is 0 Å². The Bertz CT molecular complexity index is 791. The molecule has 0 aromatic carbocycles. The Labute approximate surface area is 263 Å². The van der Waals surface area contributed by atoms with E-state index in [0.29, 0.717) is 73.0 Å². The van der Waals surface area contributed by atoms with Crippen molar-refractivity contribution in [3.05, 3.63) is 0 Å². The van der Waals surface area contributed by atoms with E-state index in [1.165, 1.54) is 57.8 Å². The van der Waals surface area contributed by atoms with E-state index >= 15 is 0 Å². The van der Waals surface area contributed by atoms with E-state index < -0.39 is 0 Å². The molecule has 0 saturated heterocycles. The Hall–Kier alpha value is -0.320. The zero-order chi connectivity index (χ0) is 30.7. The molecule has 8 nitrogen and oxygen atoms in total. The predicted molar refractivity (Wildman–Crippen MR) is 177 cm³/mol. The van der Waals surface area contributed by atoms with Gasteiger partial charge in [0.25, 0.3) is 0 Å². The summed E-state index contributed by atoms with van der Waals surface area (Å²) < 4.78 is 20.2. The van der Waals surface area contributed by atoms with Crippen molar-refractivity contribution >= 4 is 0 Å². The molecule has 10 atom stereocenters. The lowest BCUT2D eigenvalue weighted by molar-refractivity contribution is -0.225. The number of ether oxygens (including phenoxy) is 3. The summed E-state index contributed by atoms with van der Waals surface area (Å²) in [6, 6.07) is 0. The number of unbranched alkanes of at least 4 members (excludes halogenated alkanes) is 1. The van der Waals surface area contributed by atoms with Gasteiger partial charge in [-0.15, -0.1) is 0 Å². The van der Waals surface area contributed by atoms with Crippen LogP contribution in [0.4, 0.5) is 0 Å². The maximum atomic E-state index is 6.94. The molecule has 0 aromatic rings. The first-order valence-electron chi connectivity index (χ1n) is 18.3. The first-order chi connectivity index (χ1) is 20.9. The lowest BCUT2D eigenvalue weighted by Gasteiger charge is -2.64. The van der Waals surface area contributed by atoms with Gasteiger partial charge in [0, 0.05) is 19.8 Å². The van der Waals surface area contributed by atoms with Crippen LogP contribution in [-0.4, -0.2) is 77.4 Å². The van der Waals surface area contributed by atoms with Gasteiger partial charge < -0.3 is 42.5 Å². The van der Waals surface area contributed by atoms with E-state index in [0.717, 1.165) is 71.6 Å². The average molecular weight is 608 g/mol. The van der Waals surface area contributed by atoms with Gasteiger partial charge in [0.05, 0.1) is 18.3 Å².